The Morgan fingerprint density at radius 1 is 1.22 bits per heavy atom. The Kier molecular flexibility index (Phi) is 6.01. The van der Waals surface area contributed by atoms with E-state index in [0.29, 0.717) is 47.0 Å². The summed E-state index contributed by atoms with van der Waals surface area (Å²) in [5.74, 6) is 2.33. The van der Waals surface area contributed by atoms with E-state index in [1.807, 2.05) is 17.0 Å². The van der Waals surface area contributed by atoms with Gasteiger partial charge in [0.2, 0.25) is 6.41 Å². The molecule has 8 nitrogen and oxygen atoms in total. The molecule has 10 heteroatoms. The Morgan fingerprint density at radius 3 is 2.72 bits per heavy atom. The van der Waals surface area contributed by atoms with Crippen molar-refractivity contribution in [3.63, 3.8) is 0 Å². The van der Waals surface area contributed by atoms with Crippen LogP contribution >= 0.6 is 23.4 Å². The van der Waals surface area contributed by atoms with Gasteiger partial charge in [-0.15, -0.1) is 0 Å². The number of aromatic nitrogens is 3. The molecular formula is C22H24ClN5O3S. The SMILES string of the molecule is Nc1nccc2c1nc(Sc1cc3c(cc1Cl)OCCO3)n2CCC1CCN(C=O)CC1. The highest BCUT2D eigenvalue weighted by Gasteiger charge is 2.22. The number of nitrogens with two attached hydrogens (primary N) is 1. The van der Waals surface area contributed by atoms with Gasteiger partial charge in [0.15, 0.2) is 22.5 Å². The molecule has 32 heavy (non-hydrogen) atoms. The van der Waals surface area contributed by atoms with Gasteiger partial charge in [0.1, 0.15) is 18.7 Å². The van der Waals surface area contributed by atoms with Gasteiger partial charge in [0.25, 0.3) is 0 Å². The van der Waals surface area contributed by atoms with Crippen LogP contribution < -0.4 is 15.2 Å². The molecule has 5 rings (SSSR count). The van der Waals surface area contributed by atoms with Crippen molar-refractivity contribution in [3.05, 3.63) is 29.4 Å². The molecule has 0 radical (unpaired) electrons. The molecule has 0 saturated carbocycles. The summed E-state index contributed by atoms with van der Waals surface area (Å²) in [6.45, 7) is 3.48. The molecule has 2 aliphatic heterocycles. The number of anilines is 1. The molecule has 4 heterocycles. The van der Waals surface area contributed by atoms with E-state index in [-0.39, 0.29) is 0 Å². The number of nitrogens with zero attached hydrogens (tertiary/aromatic N) is 4. The average molecular weight is 474 g/mol. The number of halogens is 1. The van der Waals surface area contributed by atoms with Crippen LogP contribution in [-0.2, 0) is 11.3 Å². The maximum atomic E-state index is 11.0. The molecule has 0 atom stereocenters. The van der Waals surface area contributed by atoms with Crippen LogP contribution in [0.5, 0.6) is 11.5 Å². The fraction of sp³-hybridized carbons (Fsp3) is 0.409. The fourth-order valence-corrected chi connectivity index (χ4v) is 5.45. The quantitative estimate of drug-likeness (QED) is 0.543. The smallest absolute Gasteiger partial charge is 0.209 e. The van der Waals surface area contributed by atoms with Crippen molar-refractivity contribution in [2.24, 2.45) is 5.92 Å². The van der Waals surface area contributed by atoms with Gasteiger partial charge in [0, 0.05) is 36.8 Å². The first-order valence-electron chi connectivity index (χ1n) is 10.7. The number of fused-ring (bicyclic) bond motifs is 2. The van der Waals surface area contributed by atoms with Crippen molar-refractivity contribution in [2.75, 3.05) is 32.0 Å². The molecular weight excluding hydrogens is 450 g/mol. The number of hydrogen-bond donors (Lipinski definition) is 1. The van der Waals surface area contributed by atoms with Gasteiger partial charge in [0.05, 0.1) is 10.5 Å². The number of benzene rings is 1. The lowest BCUT2D eigenvalue weighted by molar-refractivity contribution is -0.119. The number of aryl methyl sites for hydroxylation is 1. The number of hydrogen-bond acceptors (Lipinski definition) is 7. The molecule has 1 saturated heterocycles. The Labute approximate surface area is 195 Å². The van der Waals surface area contributed by atoms with Crippen LogP contribution in [0.4, 0.5) is 5.82 Å². The summed E-state index contributed by atoms with van der Waals surface area (Å²) in [5, 5.41) is 1.40. The van der Waals surface area contributed by atoms with Gasteiger partial charge >= 0.3 is 0 Å². The number of likely N-dealkylation sites (tertiary alicyclic amines) is 1. The zero-order chi connectivity index (χ0) is 22.1. The van der Waals surface area contributed by atoms with E-state index in [1.54, 1.807) is 12.3 Å². The normalized spacial score (nSPS) is 16.5. The lowest BCUT2D eigenvalue weighted by Crippen LogP contribution is -2.32. The topological polar surface area (TPSA) is 95.5 Å². The molecule has 0 unspecified atom stereocenters. The summed E-state index contributed by atoms with van der Waals surface area (Å²) in [6, 6.07) is 5.65. The summed E-state index contributed by atoms with van der Waals surface area (Å²) in [7, 11) is 0. The largest absolute Gasteiger partial charge is 0.486 e. The third kappa shape index (κ3) is 4.19. The first kappa shape index (κ1) is 21.2. The number of rotatable bonds is 6. The molecule has 168 valence electrons. The van der Waals surface area contributed by atoms with Gasteiger partial charge in [-0.25, -0.2) is 9.97 Å². The lowest BCUT2D eigenvalue weighted by Gasteiger charge is -2.29. The number of carbonyl (C=O) groups is 1. The molecule has 0 aliphatic carbocycles. The Balaban J connectivity index is 1.43. The molecule has 0 spiro atoms. The third-order valence-electron chi connectivity index (χ3n) is 6.02. The van der Waals surface area contributed by atoms with Gasteiger partial charge in [-0.3, -0.25) is 4.79 Å². The van der Waals surface area contributed by atoms with E-state index in [2.05, 4.69) is 9.55 Å². The van der Waals surface area contributed by atoms with E-state index in [0.717, 1.165) is 60.9 Å². The number of piperidine rings is 1. The zero-order valence-corrected chi connectivity index (χ0v) is 19.1. The molecule has 1 fully saturated rings. The van der Waals surface area contributed by atoms with Gasteiger partial charge < -0.3 is 24.7 Å². The third-order valence-corrected chi connectivity index (χ3v) is 7.49. The Morgan fingerprint density at radius 2 is 1.97 bits per heavy atom. The van der Waals surface area contributed by atoms with Gasteiger partial charge in [-0.2, -0.15) is 0 Å². The zero-order valence-electron chi connectivity index (χ0n) is 17.5. The number of imidazole rings is 1. The van der Waals surface area contributed by atoms with E-state index in [1.165, 1.54) is 11.8 Å². The predicted molar refractivity (Wildman–Crippen MR) is 123 cm³/mol. The van der Waals surface area contributed by atoms with Crippen molar-refractivity contribution in [2.45, 2.75) is 35.9 Å². The van der Waals surface area contributed by atoms with Crippen LogP contribution in [0.15, 0.2) is 34.4 Å². The maximum Gasteiger partial charge on any atom is 0.209 e. The molecule has 2 aromatic heterocycles. The molecule has 1 amide bonds. The van der Waals surface area contributed by atoms with E-state index in [9.17, 15) is 4.79 Å². The summed E-state index contributed by atoms with van der Waals surface area (Å²) >= 11 is 8.04. The minimum absolute atomic E-state index is 0.413. The highest BCUT2D eigenvalue weighted by molar-refractivity contribution is 7.99. The number of nitrogen functional groups attached to an aromatic ring is 1. The average Bonchev–Trinajstić information content (AvgIpc) is 3.17. The van der Waals surface area contributed by atoms with Crippen molar-refractivity contribution in [1.29, 1.82) is 0 Å². The summed E-state index contributed by atoms with van der Waals surface area (Å²) in [5.41, 5.74) is 7.78. The Hall–Kier alpha value is -2.65. The first-order chi connectivity index (χ1) is 15.6. The monoisotopic (exact) mass is 473 g/mol. The number of carbonyl (C=O) groups excluding carboxylic acids is 1. The lowest BCUT2D eigenvalue weighted by atomic mass is 9.94. The minimum atomic E-state index is 0.413. The molecule has 2 aliphatic rings. The maximum absolute atomic E-state index is 11.0. The second kappa shape index (κ2) is 9.07. The second-order valence-electron chi connectivity index (χ2n) is 8.01. The first-order valence-corrected chi connectivity index (χ1v) is 11.9. The van der Waals surface area contributed by atoms with Crippen LogP contribution in [0, 0.1) is 5.92 Å². The second-order valence-corrected chi connectivity index (χ2v) is 9.43. The van der Waals surface area contributed by atoms with Crippen LogP contribution in [0.3, 0.4) is 0 Å². The summed E-state index contributed by atoms with van der Waals surface area (Å²) in [4.78, 5) is 22.7. The van der Waals surface area contributed by atoms with Crippen molar-refractivity contribution in [1.82, 2.24) is 19.4 Å². The minimum Gasteiger partial charge on any atom is -0.486 e. The van der Waals surface area contributed by atoms with Crippen molar-refractivity contribution >= 4 is 46.6 Å². The molecule has 0 bridgehead atoms. The fourth-order valence-electron chi connectivity index (χ4n) is 4.23. The molecule has 2 N–H and O–H groups in total. The Bertz CT molecular complexity index is 1150. The van der Waals surface area contributed by atoms with Crippen LogP contribution in [0.2, 0.25) is 5.02 Å². The van der Waals surface area contributed by atoms with Crippen LogP contribution in [0.1, 0.15) is 19.3 Å². The van der Waals surface area contributed by atoms with Crippen molar-refractivity contribution < 1.29 is 14.3 Å². The van der Waals surface area contributed by atoms with Crippen molar-refractivity contribution in [3.8, 4) is 11.5 Å². The standard InChI is InChI=1S/C22H24ClN5O3S/c23-15-11-17-18(31-10-9-30-17)12-19(15)32-22-26-20-16(1-5-25-21(20)24)28(22)8-4-14-2-6-27(13-29)7-3-14/h1,5,11-14H,2-4,6-10H2,(H2,24,25). The number of ether oxygens (including phenoxy) is 2. The molecule has 3 aromatic rings. The van der Waals surface area contributed by atoms with Gasteiger partial charge in [-0.05, 0) is 49.1 Å². The molecule has 1 aromatic carbocycles. The van der Waals surface area contributed by atoms with Crippen LogP contribution in [-0.4, -0.2) is 52.1 Å². The summed E-state index contributed by atoms with van der Waals surface area (Å²) < 4.78 is 13.5. The predicted octanol–water partition coefficient (Wildman–Crippen LogP) is 3.85. The highest BCUT2D eigenvalue weighted by atomic mass is 35.5. The van der Waals surface area contributed by atoms with Gasteiger partial charge in [-0.1, -0.05) is 11.6 Å². The number of amides is 1. The van der Waals surface area contributed by atoms with E-state index >= 15 is 0 Å². The van der Waals surface area contributed by atoms with E-state index < -0.39 is 0 Å². The van der Waals surface area contributed by atoms with Crippen LogP contribution in [0.25, 0.3) is 11.0 Å². The van der Waals surface area contributed by atoms with E-state index in [4.69, 9.17) is 31.8 Å². The number of pyridine rings is 1. The summed E-state index contributed by atoms with van der Waals surface area (Å²) in [6.07, 6.45) is 5.70. The highest BCUT2D eigenvalue weighted by Crippen LogP contribution is 2.42.